The van der Waals surface area contributed by atoms with E-state index in [9.17, 15) is 14.0 Å². The summed E-state index contributed by atoms with van der Waals surface area (Å²) in [6, 6.07) is 11.4. The maximum absolute atomic E-state index is 13.5. The third-order valence-corrected chi connectivity index (χ3v) is 3.68. The molecule has 0 spiro atoms. The van der Waals surface area contributed by atoms with Crippen LogP contribution in [-0.4, -0.2) is 25.5 Å². The summed E-state index contributed by atoms with van der Waals surface area (Å²) >= 11 is 3.30. The van der Waals surface area contributed by atoms with Gasteiger partial charge in [-0.3, -0.25) is 9.59 Å². The molecule has 5 nitrogen and oxygen atoms in total. The fraction of sp³-hybridized carbons (Fsp3) is 0.111. The Bertz CT molecular complexity index is 791. The highest BCUT2D eigenvalue weighted by molar-refractivity contribution is 9.10. The first kappa shape index (κ1) is 18.7. The number of hydrogen-bond acceptors (Lipinski definition) is 3. The van der Waals surface area contributed by atoms with Gasteiger partial charge in [-0.1, -0.05) is 22.0 Å². The van der Waals surface area contributed by atoms with Crippen molar-refractivity contribution in [3.8, 4) is 5.75 Å². The zero-order chi connectivity index (χ0) is 18.2. The molecule has 0 atom stereocenters. The smallest absolute Gasteiger partial charge is 0.244 e. The van der Waals surface area contributed by atoms with Gasteiger partial charge in [0.25, 0.3) is 0 Å². The molecule has 2 aromatic carbocycles. The predicted molar refractivity (Wildman–Crippen MR) is 97.8 cm³/mol. The second-order valence-corrected chi connectivity index (χ2v) is 5.92. The fourth-order valence-electron chi connectivity index (χ4n) is 1.92. The van der Waals surface area contributed by atoms with Gasteiger partial charge < -0.3 is 15.4 Å². The molecule has 0 aliphatic rings. The van der Waals surface area contributed by atoms with E-state index in [1.807, 2.05) is 0 Å². The number of halogens is 2. The summed E-state index contributed by atoms with van der Waals surface area (Å²) in [6.45, 7) is -0.170. The SMILES string of the molecule is COc1ccc(/C=C/C(=O)NCC(=O)Nc2ccc(Br)cc2)cc1F. The molecule has 0 saturated carbocycles. The van der Waals surface area contributed by atoms with Crippen LogP contribution in [0.2, 0.25) is 0 Å². The molecule has 0 aromatic heterocycles. The van der Waals surface area contributed by atoms with Gasteiger partial charge in [-0.15, -0.1) is 0 Å². The number of nitrogens with one attached hydrogen (secondary N) is 2. The standard InChI is InChI=1S/C18H16BrFN2O3/c1-25-16-8-2-12(10-15(16)20)3-9-17(23)21-11-18(24)22-14-6-4-13(19)5-7-14/h2-10H,11H2,1H3,(H,21,23)(H,22,24)/b9-3+. The molecule has 2 amide bonds. The van der Waals surface area contributed by atoms with E-state index in [1.54, 1.807) is 30.3 Å². The zero-order valence-electron chi connectivity index (χ0n) is 13.4. The van der Waals surface area contributed by atoms with E-state index in [-0.39, 0.29) is 18.2 Å². The molecule has 0 heterocycles. The minimum absolute atomic E-state index is 0.131. The lowest BCUT2D eigenvalue weighted by Gasteiger charge is -2.06. The maximum atomic E-state index is 13.5. The Morgan fingerprint density at radius 1 is 1.20 bits per heavy atom. The molecule has 0 aliphatic heterocycles. The van der Waals surface area contributed by atoms with Gasteiger partial charge in [-0.25, -0.2) is 4.39 Å². The monoisotopic (exact) mass is 406 g/mol. The average Bonchev–Trinajstić information content (AvgIpc) is 2.60. The highest BCUT2D eigenvalue weighted by Crippen LogP contribution is 2.18. The number of benzene rings is 2. The molecule has 0 unspecified atom stereocenters. The topological polar surface area (TPSA) is 67.4 Å². The van der Waals surface area contributed by atoms with Gasteiger partial charge in [-0.2, -0.15) is 0 Å². The second-order valence-electron chi connectivity index (χ2n) is 5.00. The number of hydrogen-bond donors (Lipinski definition) is 2. The molecule has 2 aromatic rings. The van der Waals surface area contributed by atoms with Crippen LogP contribution in [0.1, 0.15) is 5.56 Å². The molecule has 25 heavy (non-hydrogen) atoms. The largest absolute Gasteiger partial charge is 0.494 e. The molecule has 2 rings (SSSR count). The number of anilines is 1. The summed E-state index contributed by atoms with van der Waals surface area (Å²) < 4.78 is 19.3. The Labute approximate surface area is 153 Å². The van der Waals surface area contributed by atoms with E-state index in [2.05, 4.69) is 26.6 Å². The molecule has 130 valence electrons. The molecule has 0 aliphatic carbocycles. The Kier molecular flexibility index (Phi) is 6.71. The van der Waals surface area contributed by atoms with E-state index in [1.165, 1.54) is 31.4 Å². The van der Waals surface area contributed by atoms with Crippen LogP contribution in [0.15, 0.2) is 53.0 Å². The van der Waals surface area contributed by atoms with Crippen LogP contribution in [0.25, 0.3) is 6.08 Å². The minimum Gasteiger partial charge on any atom is -0.494 e. The lowest BCUT2D eigenvalue weighted by atomic mass is 10.2. The van der Waals surface area contributed by atoms with Crippen LogP contribution in [0.3, 0.4) is 0 Å². The van der Waals surface area contributed by atoms with Crippen molar-refractivity contribution < 1.29 is 18.7 Å². The molecular formula is C18H16BrFN2O3. The van der Waals surface area contributed by atoms with Crippen LogP contribution in [-0.2, 0) is 9.59 Å². The first-order valence-electron chi connectivity index (χ1n) is 7.33. The number of amides is 2. The van der Waals surface area contributed by atoms with Gasteiger partial charge in [0, 0.05) is 16.2 Å². The number of ether oxygens (including phenoxy) is 1. The summed E-state index contributed by atoms with van der Waals surface area (Å²) in [6.07, 6.45) is 2.68. The molecule has 7 heteroatoms. The number of carbonyl (C=O) groups excluding carboxylic acids is 2. The third-order valence-electron chi connectivity index (χ3n) is 3.15. The second kappa shape index (κ2) is 8.98. The normalized spacial score (nSPS) is 10.5. The van der Waals surface area contributed by atoms with E-state index in [0.29, 0.717) is 11.3 Å². The van der Waals surface area contributed by atoms with Gasteiger partial charge in [0.2, 0.25) is 11.8 Å². The van der Waals surface area contributed by atoms with Gasteiger partial charge in [0.1, 0.15) is 0 Å². The summed E-state index contributed by atoms with van der Waals surface area (Å²) in [5, 5.41) is 5.11. The van der Waals surface area contributed by atoms with Crippen LogP contribution in [0.5, 0.6) is 5.75 Å². The lowest BCUT2D eigenvalue weighted by Crippen LogP contribution is -2.31. The molecule has 0 radical (unpaired) electrons. The highest BCUT2D eigenvalue weighted by Gasteiger charge is 2.05. The molecule has 2 N–H and O–H groups in total. The summed E-state index contributed by atoms with van der Waals surface area (Å²) in [5.41, 5.74) is 1.14. The highest BCUT2D eigenvalue weighted by atomic mass is 79.9. The summed E-state index contributed by atoms with van der Waals surface area (Å²) in [4.78, 5) is 23.5. The predicted octanol–water partition coefficient (Wildman–Crippen LogP) is 3.36. The Morgan fingerprint density at radius 2 is 1.92 bits per heavy atom. The van der Waals surface area contributed by atoms with Crippen LogP contribution < -0.4 is 15.4 Å². The summed E-state index contributed by atoms with van der Waals surface area (Å²) in [5.74, 6) is -1.19. The van der Waals surface area contributed by atoms with Crippen molar-refractivity contribution in [2.45, 2.75) is 0 Å². The van der Waals surface area contributed by atoms with Gasteiger partial charge in [0.05, 0.1) is 13.7 Å². The van der Waals surface area contributed by atoms with E-state index >= 15 is 0 Å². The first-order chi connectivity index (χ1) is 12.0. The first-order valence-corrected chi connectivity index (χ1v) is 8.12. The van der Waals surface area contributed by atoms with Gasteiger partial charge in [-0.05, 0) is 48.0 Å². The number of rotatable bonds is 6. The van der Waals surface area contributed by atoms with E-state index in [0.717, 1.165) is 4.47 Å². The van der Waals surface area contributed by atoms with E-state index in [4.69, 9.17) is 4.74 Å². The van der Waals surface area contributed by atoms with Crippen molar-refractivity contribution >= 4 is 39.5 Å². The van der Waals surface area contributed by atoms with Crippen molar-refractivity contribution in [1.29, 1.82) is 0 Å². The van der Waals surface area contributed by atoms with Crippen molar-refractivity contribution in [2.75, 3.05) is 19.0 Å². The van der Waals surface area contributed by atoms with Crippen molar-refractivity contribution in [3.05, 3.63) is 64.4 Å². The molecule has 0 fully saturated rings. The molecule has 0 bridgehead atoms. The average molecular weight is 407 g/mol. The third kappa shape index (κ3) is 6.04. The maximum Gasteiger partial charge on any atom is 0.244 e. The summed E-state index contributed by atoms with van der Waals surface area (Å²) in [7, 11) is 1.38. The molecule has 0 saturated heterocycles. The van der Waals surface area contributed by atoms with Crippen molar-refractivity contribution in [2.24, 2.45) is 0 Å². The Balaban J connectivity index is 1.82. The Morgan fingerprint density at radius 3 is 2.56 bits per heavy atom. The van der Waals surface area contributed by atoms with Crippen LogP contribution >= 0.6 is 15.9 Å². The zero-order valence-corrected chi connectivity index (χ0v) is 15.0. The number of methoxy groups -OCH3 is 1. The van der Waals surface area contributed by atoms with Crippen molar-refractivity contribution in [1.82, 2.24) is 5.32 Å². The van der Waals surface area contributed by atoms with Crippen LogP contribution in [0.4, 0.5) is 10.1 Å². The van der Waals surface area contributed by atoms with Crippen LogP contribution in [0, 0.1) is 5.82 Å². The van der Waals surface area contributed by atoms with Gasteiger partial charge in [0.15, 0.2) is 11.6 Å². The van der Waals surface area contributed by atoms with Gasteiger partial charge >= 0.3 is 0 Å². The minimum atomic E-state index is -0.515. The molecular weight excluding hydrogens is 391 g/mol. The Hall–Kier alpha value is -2.67. The van der Waals surface area contributed by atoms with Crippen molar-refractivity contribution in [3.63, 3.8) is 0 Å². The fourth-order valence-corrected chi connectivity index (χ4v) is 2.19. The number of carbonyl (C=O) groups is 2. The quantitative estimate of drug-likeness (QED) is 0.722. The van der Waals surface area contributed by atoms with E-state index < -0.39 is 11.7 Å². The lowest BCUT2D eigenvalue weighted by molar-refractivity contribution is -0.121.